The van der Waals surface area contributed by atoms with Crippen molar-refractivity contribution in [2.45, 2.75) is 69.2 Å². The molecule has 6 aromatic heterocycles. The molecule has 0 amide bonds. The minimum atomic E-state index is 0.622. The Labute approximate surface area is 534 Å². The molecule has 0 aliphatic carbocycles. The van der Waals surface area contributed by atoms with E-state index in [1.165, 1.54) is 87.6 Å². The number of benzene rings is 11. The van der Waals surface area contributed by atoms with E-state index in [-0.39, 0.29) is 0 Å². The van der Waals surface area contributed by atoms with Crippen molar-refractivity contribution in [1.29, 1.82) is 0 Å². The van der Waals surface area contributed by atoms with Gasteiger partial charge in [-0.25, -0.2) is 9.97 Å². The third-order valence-electron chi connectivity index (χ3n) is 19.2. The van der Waals surface area contributed by atoms with Crippen molar-refractivity contribution in [3.05, 3.63) is 280 Å². The normalized spacial score (nSPS) is 12.0. The molecule has 11 aromatic carbocycles. The van der Waals surface area contributed by atoms with Crippen LogP contribution in [0.25, 0.3) is 155 Å². The maximum absolute atomic E-state index is 6.10. The van der Waals surface area contributed by atoms with E-state index in [0.717, 1.165) is 117 Å². The van der Waals surface area contributed by atoms with Crippen molar-refractivity contribution in [3.8, 4) is 67.8 Å². The van der Waals surface area contributed by atoms with Gasteiger partial charge in [-0.3, -0.25) is 4.98 Å². The summed E-state index contributed by atoms with van der Waals surface area (Å²) in [5, 5.41) is 9.39. The summed E-state index contributed by atoms with van der Waals surface area (Å²) in [6.07, 6.45) is 0. The van der Waals surface area contributed by atoms with Crippen LogP contribution in [0.5, 0.6) is 0 Å². The summed E-state index contributed by atoms with van der Waals surface area (Å²) in [7, 11) is 0. The first-order valence-corrected chi connectivity index (χ1v) is 32.0. The Bertz CT molecular complexity index is 5690. The van der Waals surface area contributed by atoms with Crippen LogP contribution in [0.15, 0.2) is 224 Å². The molecule has 0 atom stereocenters. The molecule has 92 heavy (non-hydrogen) atoms. The molecule has 0 N–H and O–H groups in total. The maximum atomic E-state index is 6.10. The maximum Gasteiger partial charge on any atom is 0.160 e. The molecule has 0 aliphatic heterocycles. The van der Waals surface area contributed by atoms with E-state index in [9.17, 15) is 0 Å². The standard InChI is InChI=1S/C85H67N7/c1-48-21-31-71-61(39-48)62-40-49(2)22-32-72(62)89(71)81-79(60-30-29-56(9)86-57(60)10)82(90-73-33-23-50(3)41-63(73)64-42-51(4)24-34-74(64)90)84(92-77-37-27-54(7)45-67(77)68-46-55(8)28-38-78(68)92)83(91-75-35-25-52(5)43-65(75)66-44-53(6)26-36-76(66)91)80(81)70-47-69(58-17-13-11-14-18-58)87-85(88-70)59-19-15-12-16-20-59/h11-47H,1-10H3. The zero-order chi connectivity index (χ0) is 62.5. The number of rotatable bonds is 8. The second kappa shape index (κ2) is 20.7. The highest BCUT2D eigenvalue weighted by Crippen LogP contribution is 2.55. The van der Waals surface area contributed by atoms with Crippen LogP contribution in [0.1, 0.15) is 55.9 Å². The number of nitrogens with zero attached hydrogens (tertiary/aromatic N) is 7. The van der Waals surface area contributed by atoms with Gasteiger partial charge >= 0.3 is 0 Å². The summed E-state index contributed by atoms with van der Waals surface area (Å²) in [6.45, 7) is 22.0. The highest BCUT2D eigenvalue weighted by atomic mass is 15.1. The van der Waals surface area contributed by atoms with Crippen LogP contribution in [-0.2, 0) is 0 Å². The van der Waals surface area contributed by atoms with Crippen molar-refractivity contribution in [2.24, 2.45) is 0 Å². The Morgan fingerprint density at radius 3 is 0.891 bits per heavy atom. The minimum absolute atomic E-state index is 0.622. The lowest BCUT2D eigenvalue weighted by molar-refractivity contribution is 1.03. The first-order valence-electron chi connectivity index (χ1n) is 32.0. The van der Waals surface area contributed by atoms with E-state index in [4.69, 9.17) is 15.0 Å². The molecule has 6 heterocycles. The topological polar surface area (TPSA) is 58.4 Å². The molecular weight excluding hydrogens is 1120 g/mol. The summed E-state index contributed by atoms with van der Waals surface area (Å²) in [5.41, 5.74) is 30.4. The van der Waals surface area contributed by atoms with Crippen molar-refractivity contribution in [1.82, 2.24) is 33.2 Å². The van der Waals surface area contributed by atoms with Crippen molar-refractivity contribution < 1.29 is 0 Å². The summed E-state index contributed by atoms with van der Waals surface area (Å²) in [5.74, 6) is 0.622. The summed E-state index contributed by atoms with van der Waals surface area (Å²) >= 11 is 0. The van der Waals surface area contributed by atoms with E-state index >= 15 is 0 Å². The predicted molar refractivity (Wildman–Crippen MR) is 386 cm³/mol. The fourth-order valence-electron chi connectivity index (χ4n) is 15.0. The van der Waals surface area contributed by atoms with Gasteiger partial charge in [0.15, 0.2) is 5.82 Å². The number of fused-ring (bicyclic) bond motifs is 12. The minimum Gasteiger partial charge on any atom is -0.308 e. The first kappa shape index (κ1) is 55.0. The number of aromatic nitrogens is 7. The van der Waals surface area contributed by atoms with Gasteiger partial charge in [0.1, 0.15) is 0 Å². The van der Waals surface area contributed by atoms with Gasteiger partial charge in [0.05, 0.1) is 83.8 Å². The summed E-state index contributed by atoms with van der Waals surface area (Å²) in [6, 6.07) is 84.2. The van der Waals surface area contributed by atoms with Gasteiger partial charge in [0.25, 0.3) is 0 Å². The molecule has 0 bridgehead atoms. The van der Waals surface area contributed by atoms with Crippen LogP contribution < -0.4 is 0 Å². The van der Waals surface area contributed by atoms with Crippen molar-refractivity contribution in [3.63, 3.8) is 0 Å². The van der Waals surface area contributed by atoms with Gasteiger partial charge in [-0.15, -0.1) is 0 Å². The van der Waals surface area contributed by atoms with Gasteiger partial charge < -0.3 is 18.3 Å². The monoisotopic (exact) mass is 1190 g/mol. The zero-order valence-electron chi connectivity index (χ0n) is 53.5. The van der Waals surface area contributed by atoms with Gasteiger partial charge in [0, 0.05) is 76.7 Å². The lowest BCUT2D eigenvalue weighted by Gasteiger charge is -2.31. The van der Waals surface area contributed by atoms with E-state index in [1.54, 1.807) is 0 Å². The molecule has 0 radical (unpaired) electrons. The molecule has 442 valence electrons. The highest BCUT2D eigenvalue weighted by Gasteiger charge is 2.37. The third kappa shape index (κ3) is 8.45. The van der Waals surface area contributed by atoms with Crippen molar-refractivity contribution >= 4 is 87.2 Å². The lowest BCUT2D eigenvalue weighted by Crippen LogP contribution is -2.17. The Kier molecular flexibility index (Phi) is 12.4. The van der Waals surface area contributed by atoms with Crippen molar-refractivity contribution in [2.75, 3.05) is 0 Å². The highest BCUT2D eigenvalue weighted by molar-refractivity contribution is 6.19. The number of hydrogen-bond acceptors (Lipinski definition) is 3. The molecule has 7 nitrogen and oxygen atoms in total. The second-order valence-corrected chi connectivity index (χ2v) is 25.9. The number of hydrogen-bond donors (Lipinski definition) is 0. The molecule has 7 heteroatoms. The second-order valence-electron chi connectivity index (χ2n) is 25.9. The van der Waals surface area contributed by atoms with Crippen LogP contribution in [-0.4, -0.2) is 33.2 Å². The molecule has 0 saturated carbocycles. The van der Waals surface area contributed by atoms with Gasteiger partial charge in [-0.2, -0.15) is 0 Å². The Hall–Kier alpha value is -11.2. The van der Waals surface area contributed by atoms with Gasteiger partial charge in [-0.1, -0.05) is 160 Å². The van der Waals surface area contributed by atoms with E-state index in [1.807, 2.05) is 0 Å². The molecule has 0 saturated heterocycles. The van der Waals surface area contributed by atoms with Crippen LogP contribution in [0.4, 0.5) is 0 Å². The molecule has 0 unspecified atom stereocenters. The van der Waals surface area contributed by atoms with Crippen LogP contribution in [0, 0.1) is 69.2 Å². The smallest absolute Gasteiger partial charge is 0.160 e. The summed E-state index contributed by atoms with van der Waals surface area (Å²) in [4.78, 5) is 17.2. The fraction of sp³-hybridized carbons (Fsp3) is 0.118. The summed E-state index contributed by atoms with van der Waals surface area (Å²) < 4.78 is 10.5. The zero-order valence-corrected chi connectivity index (χ0v) is 53.5. The van der Waals surface area contributed by atoms with E-state index < -0.39 is 0 Å². The fourth-order valence-corrected chi connectivity index (χ4v) is 15.0. The SMILES string of the molecule is Cc1ccc2c(c1)c1cc(C)ccc1n2-c1c(-c2cc(-c3ccccc3)nc(-c3ccccc3)n2)c(-n2c3ccc(C)cc3c3cc(C)ccc32)c(-n2c3ccc(C)cc3c3cc(C)ccc32)c(-n2c3ccc(C)cc3c3cc(C)ccc32)c1-c1ccc(C)nc1C. The number of aryl methyl sites for hydroxylation is 10. The predicted octanol–water partition coefficient (Wildman–Crippen LogP) is 22.0. The Morgan fingerprint density at radius 2 is 0.543 bits per heavy atom. The van der Waals surface area contributed by atoms with Crippen LogP contribution >= 0.6 is 0 Å². The first-order chi connectivity index (χ1) is 44.7. The molecule has 17 aromatic rings. The molecule has 0 fully saturated rings. The molecule has 0 aliphatic rings. The van der Waals surface area contributed by atoms with Crippen LogP contribution in [0.3, 0.4) is 0 Å². The number of pyridine rings is 1. The van der Waals surface area contributed by atoms with Gasteiger partial charge in [-0.05, 0) is 178 Å². The average Bonchev–Trinajstić information content (AvgIpc) is 1.39. The quantitative estimate of drug-likeness (QED) is 0.152. The third-order valence-corrected chi connectivity index (χ3v) is 19.2. The van der Waals surface area contributed by atoms with Crippen LogP contribution in [0.2, 0.25) is 0 Å². The average molecular weight is 1190 g/mol. The Balaban J connectivity index is 1.28. The lowest BCUT2D eigenvalue weighted by atomic mass is 9.90. The molecule has 0 spiro atoms. The largest absolute Gasteiger partial charge is 0.308 e. The molecule has 17 rings (SSSR count). The van der Waals surface area contributed by atoms with E-state index in [0.29, 0.717) is 5.82 Å². The van der Waals surface area contributed by atoms with E-state index in [2.05, 4.69) is 312 Å². The van der Waals surface area contributed by atoms with Gasteiger partial charge in [0.2, 0.25) is 0 Å². The Morgan fingerprint density at radius 1 is 0.239 bits per heavy atom. The molecular formula is C85H67N7.